The van der Waals surface area contributed by atoms with E-state index >= 15 is 0 Å². The van der Waals surface area contributed by atoms with Gasteiger partial charge in [-0.25, -0.2) is 4.98 Å². The summed E-state index contributed by atoms with van der Waals surface area (Å²) in [6.07, 6.45) is 12.0. The summed E-state index contributed by atoms with van der Waals surface area (Å²) >= 11 is 0. The Morgan fingerprint density at radius 1 is 0.971 bits per heavy atom. The number of likely N-dealkylation sites (tertiary alicyclic amines) is 2. The molecule has 2 saturated heterocycles. The smallest absolute Gasteiger partial charge is 0.274 e. The molecule has 0 saturated carbocycles. The number of fused-ring (bicyclic) bond motifs is 1. The number of aromatic amines is 1. The third-order valence-electron chi connectivity index (χ3n) is 7.59. The Morgan fingerprint density at radius 3 is 2.63 bits per heavy atom. The predicted octanol–water partition coefficient (Wildman–Crippen LogP) is 3.64. The topological polar surface area (TPSA) is 95.1 Å². The maximum Gasteiger partial charge on any atom is 0.274 e. The fourth-order valence-corrected chi connectivity index (χ4v) is 5.66. The minimum atomic E-state index is -0.00667. The van der Waals surface area contributed by atoms with E-state index < -0.39 is 0 Å². The third-order valence-corrected chi connectivity index (χ3v) is 7.59. The lowest BCUT2D eigenvalue weighted by atomic mass is 9.92. The van der Waals surface area contributed by atoms with Crippen LogP contribution in [0.25, 0.3) is 10.9 Å². The Hall–Kier alpha value is -3.29. The molecule has 0 bridgehead atoms. The summed E-state index contributed by atoms with van der Waals surface area (Å²) < 4.78 is 0. The van der Waals surface area contributed by atoms with E-state index in [1.54, 1.807) is 19.3 Å². The molecular weight excluding hydrogens is 440 g/mol. The number of benzene rings is 1. The Labute approximate surface area is 206 Å². The summed E-state index contributed by atoms with van der Waals surface area (Å²) in [5.74, 6) is 0.983. The Balaban J connectivity index is 1.22. The number of amides is 2. The van der Waals surface area contributed by atoms with Crippen molar-refractivity contribution in [3.8, 4) is 0 Å². The standard InChI is InChI=1S/C27H34N6O2/c1-19(34)33-12-3-5-22(18-33)16-25-26(29-10-9-28-25)27(35)32-11-2-4-20(8-13-32)14-21-6-7-24-23(15-21)17-30-31-24/h6-7,9-10,15,17,20,22H,2-5,8,11-14,16,18H2,1H3,(H,30,31). The number of nitrogens with zero attached hydrogens (tertiary/aromatic N) is 5. The van der Waals surface area contributed by atoms with E-state index in [9.17, 15) is 9.59 Å². The van der Waals surface area contributed by atoms with Gasteiger partial charge < -0.3 is 9.80 Å². The lowest BCUT2D eigenvalue weighted by Crippen LogP contribution is -2.39. The first kappa shape index (κ1) is 23.5. The molecule has 0 spiro atoms. The number of carbonyl (C=O) groups is 2. The third kappa shape index (κ3) is 5.52. The predicted molar refractivity (Wildman–Crippen MR) is 134 cm³/mol. The van der Waals surface area contributed by atoms with Gasteiger partial charge >= 0.3 is 0 Å². The van der Waals surface area contributed by atoms with Crippen LogP contribution in [0.1, 0.15) is 60.8 Å². The highest BCUT2D eigenvalue weighted by molar-refractivity contribution is 5.93. The van der Waals surface area contributed by atoms with Crippen molar-refractivity contribution in [3.63, 3.8) is 0 Å². The molecule has 3 aromatic rings. The molecular formula is C27H34N6O2. The minimum Gasteiger partial charge on any atom is -0.343 e. The molecule has 5 rings (SSSR count). The number of carbonyl (C=O) groups excluding carboxylic acids is 2. The van der Waals surface area contributed by atoms with Gasteiger partial charge in [-0.3, -0.25) is 19.7 Å². The lowest BCUT2D eigenvalue weighted by Gasteiger charge is -2.32. The van der Waals surface area contributed by atoms with Crippen LogP contribution in [0.15, 0.2) is 36.8 Å². The van der Waals surface area contributed by atoms with Gasteiger partial charge in [-0.15, -0.1) is 0 Å². The second-order valence-electron chi connectivity index (χ2n) is 10.1. The molecule has 2 aliphatic heterocycles. The van der Waals surface area contributed by atoms with Crippen molar-refractivity contribution in [2.24, 2.45) is 11.8 Å². The van der Waals surface area contributed by atoms with Crippen molar-refractivity contribution < 1.29 is 9.59 Å². The van der Waals surface area contributed by atoms with Crippen LogP contribution < -0.4 is 0 Å². The van der Waals surface area contributed by atoms with Gasteiger partial charge in [-0.1, -0.05) is 6.07 Å². The second-order valence-corrected chi connectivity index (χ2v) is 10.1. The maximum atomic E-state index is 13.5. The molecule has 0 radical (unpaired) electrons. The van der Waals surface area contributed by atoms with Crippen LogP contribution in [-0.2, 0) is 17.6 Å². The summed E-state index contributed by atoms with van der Waals surface area (Å²) in [6, 6.07) is 6.50. The van der Waals surface area contributed by atoms with Gasteiger partial charge in [0.1, 0.15) is 5.69 Å². The average molecular weight is 475 g/mol. The van der Waals surface area contributed by atoms with Crippen LogP contribution in [0.5, 0.6) is 0 Å². The number of hydrogen-bond donors (Lipinski definition) is 1. The highest BCUT2D eigenvalue weighted by Crippen LogP contribution is 2.26. The van der Waals surface area contributed by atoms with Gasteiger partial charge in [0.2, 0.25) is 5.91 Å². The SMILES string of the molecule is CC(=O)N1CCCC(Cc2nccnc2C(=O)N2CCCC(Cc3ccc4[nH]ncc4c3)CC2)C1. The molecule has 2 fully saturated rings. The molecule has 0 aliphatic carbocycles. The molecule has 1 aromatic carbocycles. The molecule has 2 aromatic heterocycles. The summed E-state index contributed by atoms with van der Waals surface area (Å²) in [7, 11) is 0. The number of H-pyrrole nitrogens is 1. The van der Waals surface area contributed by atoms with Crippen molar-refractivity contribution in [1.82, 2.24) is 30.0 Å². The first-order chi connectivity index (χ1) is 17.1. The van der Waals surface area contributed by atoms with E-state index in [4.69, 9.17) is 0 Å². The van der Waals surface area contributed by atoms with E-state index in [2.05, 4.69) is 38.4 Å². The largest absolute Gasteiger partial charge is 0.343 e. The molecule has 2 atom stereocenters. The van der Waals surface area contributed by atoms with E-state index in [-0.39, 0.29) is 11.8 Å². The fourth-order valence-electron chi connectivity index (χ4n) is 5.66. The fraction of sp³-hybridized carbons (Fsp3) is 0.519. The van der Waals surface area contributed by atoms with Crippen molar-refractivity contribution in [2.45, 2.75) is 51.9 Å². The Bertz CT molecular complexity index is 1190. The monoisotopic (exact) mass is 474 g/mol. The Morgan fingerprint density at radius 2 is 1.77 bits per heavy atom. The zero-order valence-electron chi connectivity index (χ0n) is 20.4. The molecule has 1 N–H and O–H groups in total. The van der Waals surface area contributed by atoms with Gasteiger partial charge in [-0.2, -0.15) is 5.10 Å². The van der Waals surface area contributed by atoms with E-state index in [1.165, 1.54) is 5.56 Å². The van der Waals surface area contributed by atoms with Crippen molar-refractivity contribution in [3.05, 3.63) is 53.7 Å². The summed E-state index contributed by atoms with van der Waals surface area (Å²) in [5, 5.41) is 8.27. The number of piperidine rings is 1. The summed E-state index contributed by atoms with van der Waals surface area (Å²) in [5.41, 5.74) is 3.64. The molecule has 184 valence electrons. The number of aromatic nitrogens is 4. The number of nitrogens with one attached hydrogen (secondary N) is 1. The normalized spacial score (nSPS) is 21.2. The molecule has 8 nitrogen and oxygen atoms in total. The minimum absolute atomic E-state index is 0.00667. The highest BCUT2D eigenvalue weighted by Gasteiger charge is 2.28. The van der Waals surface area contributed by atoms with Crippen molar-refractivity contribution in [1.29, 1.82) is 0 Å². The number of hydrogen-bond acceptors (Lipinski definition) is 5. The van der Waals surface area contributed by atoms with Crippen LogP contribution in [-0.4, -0.2) is 68.0 Å². The van der Waals surface area contributed by atoms with Gasteiger partial charge in [-0.05, 0) is 74.5 Å². The molecule has 2 unspecified atom stereocenters. The van der Waals surface area contributed by atoms with Crippen molar-refractivity contribution >= 4 is 22.7 Å². The molecule has 2 amide bonds. The first-order valence-corrected chi connectivity index (χ1v) is 12.8. The van der Waals surface area contributed by atoms with Crippen LogP contribution >= 0.6 is 0 Å². The van der Waals surface area contributed by atoms with Gasteiger partial charge in [0, 0.05) is 50.9 Å². The van der Waals surface area contributed by atoms with Crippen molar-refractivity contribution in [2.75, 3.05) is 26.2 Å². The summed E-state index contributed by atoms with van der Waals surface area (Å²) in [4.78, 5) is 38.2. The molecule has 4 heterocycles. The molecule has 8 heteroatoms. The quantitative estimate of drug-likeness (QED) is 0.609. The van der Waals surface area contributed by atoms with E-state index in [0.717, 1.165) is 81.3 Å². The molecule has 2 aliphatic rings. The Kier molecular flexibility index (Phi) is 7.06. The lowest BCUT2D eigenvalue weighted by molar-refractivity contribution is -0.130. The van der Waals surface area contributed by atoms with Crippen LogP contribution in [0.4, 0.5) is 0 Å². The van der Waals surface area contributed by atoms with Crippen LogP contribution in [0.2, 0.25) is 0 Å². The molecule has 35 heavy (non-hydrogen) atoms. The van der Waals surface area contributed by atoms with Crippen LogP contribution in [0.3, 0.4) is 0 Å². The van der Waals surface area contributed by atoms with E-state index in [0.29, 0.717) is 24.0 Å². The maximum absolute atomic E-state index is 13.5. The zero-order chi connectivity index (χ0) is 24.2. The second kappa shape index (κ2) is 10.5. The number of rotatable bonds is 5. The average Bonchev–Trinajstić information content (AvgIpc) is 3.21. The van der Waals surface area contributed by atoms with Crippen LogP contribution in [0, 0.1) is 11.8 Å². The first-order valence-electron chi connectivity index (χ1n) is 12.8. The zero-order valence-corrected chi connectivity index (χ0v) is 20.4. The van der Waals surface area contributed by atoms with Gasteiger partial charge in [0.15, 0.2) is 0 Å². The van der Waals surface area contributed by atoms with E-state index in [1.807, 2.05) is 16.0 Å². The van der Waals surface area contributed by atoms with Gasteiger partial charge in [0.05, 0.1) is 17.4 Å². The summed E-state index contributed by atoms with van der Waals surface area (Å²) in [6.45, 7) is 4.68. The van der Waals surface area contributed by atoms with Gasteiger partial charge in [0.25, 0.3) is 5.91 Å². The highest BCUT2D eigenvalue weighted by atomic mass is 16.2.